The van der Waals surface area contributed by atoms with E-state index in [1.165, 1.54) is 18.4 Å². The van der Waals surface area contributed by atoms with Gasteiger partial charge < -0.3 is 10.2 Å². The van der Waals surface area contributed by atoms with Crippen molar-refractivity contribution in [3.05, 3.63) is 95.1 Å². The highest BCUT2D eigenvalue weighted by atomic mass is 16.2. The molecule has 1 N–H and O–H groups in total. The molecule has 5 rings (SSSR count). The molecule has 5 nitrogen and oxygen atoms in total. The average molecular weight is 478 g/mol. The van der Waals surface area contributed by atoms with Crippen LogP contribution in [0.25, 0.3) is 22.2 Å². The van der Waals surface area contributed by atoms with Crippen LogP contribution in [-0.2, 0) is 0 Å². The zero-order valence-electron chi connectivity index (χ0n) is 20.9. The third-order valence-electron chi connectivity index (χ3n) is 6.92. The predicted octanol–water partition coefficient (Wildman–Crippen LogP) is 6.79. The summed E-state index contributed by atoms with van der Waals surface area (Å²) >= 11 is 0. The zero-order chi connectivity index (χ0) is 25.1. The number of pyridine rings is 1. The molecule has 0 spiro atoms. The third-order valence-corrected chi connectivity index (χ3v) is 6.92. The van der Waals surface area contributed by atoms with E-state index in [0.717, 1.165) is 53.7 Å². The molecule has 4 aromatic rings. The molecule has 0 aliphatic carbocycles. The minimum Gasteiger partial charge on any atom is -0.339 e. The van der Waals surface area contributed by atoms with E-state index in [0.29, 0.717) is 16.8 Å². The second-order valence-electron chi connectivity index (χ2n) is 9.63. The summed E-state index contributed by atoms with van der Waals surface area (Å²) in [5, 5.41) is 3.84. The highest BCUT2D eigenvalue weighted by Gasteiger charge is 2.18. The van der Waals surface area contributed by atoms with Crippen LogP contribution in [0.5, 0.6) is 0 Å². The van der Waals surface area contributed by atoms with Crippen molar-refractivity contribution in [3.63, 3.8) is 0 Å². The Kier molecular flexibility index (Phi) is 6.81. The first-order valence-electron chi connectivity index (χ1n) is 12.7. The number of nitrogens with zero attached hydrogens (tertiary/aromatic N) is 2. The van der Waals surface area contributed by atoms with Gasteiger partial charge in [0.25, 0.3) is 11.8 Å². The molecule has 0 saturated carbocycles. The minimum atomic E-state index is -0.201. The maximum Gasteiger partial charge on any atom is 0.256 e. The van der Waals surface area contributed by atoms with E-state index in [4.69, 9.17) is 4.98 Å². The summed E-state index contributed by atoms with van der Waals surface area (Å²) in [6.45, 7) is 5.69. The largest absolute Gasteiger partial charge is 0.339 e. The summed E-state index contributed by atoms with van der Waals surface area (Å²) in [7, 11) is 0. The third kappa shape index (κ3) is 5.01. The van der Waals surface area contributed by atoms with Gasteiger partial charge in [-0.05, 0) is 62.6 Å². The highest BCUT2D eigenvalue weighted by molar-refractivity contribution is 6.13. The molecule has 1 fully saturated rings. The number of nitrogens with one attached hydrogen (secondary N) is 1. The number of carbonyl (C=O) groups excluding carboxylic acids is 2. The number of hydrogen-bond acceptors (Lipinski definition) is 3. The van der Waals surface area contributed by atoms with Crippen LogP contribution in [-0.4, -0.2) is 34.8 Å². The Morgan fingerprint density at radius 3 is 2.22 bits per heavy atom. The molecule has 1 aliphatic rings. The molecule has 1 aliphatic heterocycles. The summed E-state index contributed by atoms with van der Waals surface area (Å²) < 4.78 is 0. The van der Waals surface area contributed by atoms with Gasteiger partial charge in [0.15, 0.2) is 0 Å². The lowest BCUT2D eigenvalue weighted by atomic mass is 10.0. The van der Waals surface area contributed by atoms with Gasteiger partial charge in [0, 0.05) is 35.3 Å². The lowest BCUT2D eigenvalue weighted by molar-refractivity contribution is 0.0761. The summed E-state index contributed by atoms with van der Waals surface area (Å²) in [5.41, 5.74) is 6.63. The number of para-hydroxylation sites is 1. The number of anilines is 1. The number of benzene rings is 3. The lowest BCUT2D eigenvalue weighted by Crippen LogP contribution is -2.31. The Balaban J connectivity index is 1.42. The van der Waals surface area contributed by atoms with Crippen molar-refractivity contribution >= 4 is 28.4 Å². The Morgan fingerprint density at radius 1 is 0.833 bits per heavy atom. The van der Waals surface area contributed by atoms with E-state index < -0.39 is 0 Å². The predicted molar refractivity (Wildman–Crippen MR) is 145 cm³/mol. The van der Waals surface area contributed by atoms with Crippen LogP contribution >= 0.6 is 0 Å². The first kappa shape index (κ1) is 23.7. The van der Waals surface area contributed by atoms with Crippen LogP contribution in [0.1, 0.15) is 57.5 Å². The number of fused-ring (bicyclic) bond motifs is 1. The van der Waals surface area contributed by atoms with Gasteiger partial charge in [-0.15, -0.1) is 0 Å². The maximum atomic E-state index is 13.5. The number of carbonyl (C=O) groups is 2. The average Bonchev–Trinajstić information content (AvgIpc) is 3.19. The topological polar surface area (TPSA) is 62.3 Å². The Hall–Kier alpha value is -3.99. The van der Waals surface area contributed by atoms with Crippen molar-refractivity contribution < 1.29 is 9.59 Å². The van der Waals surface area contributed by atoms with Gasteiger partial charge in [-0.3, -0.25) is 9.59 Å². The quantitative estimate of drug-likeness (QED) is 0.352. The molecular formula is C31H31N3O2. The normalized spacial score (nSPS) is 13.9. The highest BCUT2D eigenvalue weighted by Crippen LogP contribution is 2.28. The summed E-state index contributed by atoms with van der Waals surface area (Å²) in [6, 6.07) is 23.1. The maximum absolute atomic E-state index is 13.5. The second-order valence-corrected chi connectivity index (χ2v) is 9.63. The Bertz CT molecular complexity index is 1400. The van der Waals surface area contributed by atoms with Crippen LogP contribution in [0, 0.1) is 13.8 Å². The van der Waals surface area contributed by atoms with E-state index in [2.05, 4.69) is 5.32 Å². The fourth-order valence-corrected chi connectivity index (χ4v) is 4.80. The molecule has 3 aromatic carbocycles. The molecular weight excluding hydrogens is 446 g/mol. The van der Waals surface area contributed by atoms with Crippen molar-refractivity contribution in [2.45, 2.75) is 39.5 Å². The number of aromatic nitrogens is 1. The van der Waals surface area contributed by atoms with Crippen LogP contribution in [0.3, 0.4) is 0 Å². The number of amides is 2. The summed E-state index contributed by atoms with van der Waals surface area (Å²) in [4.78, 5) is 33.2. The smallest absolute Gasteiger partial charge is 0.256 e. The monoisotopic (exact) mass is 477 g/mol. The van der Waals surface area contributed by atoms with E-state index in [1.54, 1.807) is 24.3 Å². The molecule has 0 radical (unpaired) electrons. The van der Waals surface area contributed by atoms with Crippen LogP contribution < -0.4 is 5.32 Å². The first-order valence-corrected chi connectivity index (χ1v) is 12.7. The molecule has 2 heterocycles. The van der Waals surface area contributed by atoms with Gasteiger partial charge in [-0.1, -0.05) is 60.9 Å². The van der Waals surface area contributed by atoms with Gasteiger partial charge in [-0.2, -0.15) is 0 Å². The van der Waals surface area contributed by atoms with Crippen molar-refractivity contribution in [1.29, 1.82) is 0 Å². The number of aryl methyl sites for hydroxylation is 2. The fraction of sp³-hybridized carbons (Fsp3) is 0.258. The molecule has 0 unspecified atom stereocenters. The van der Waals surface area contributed by atoms with Gasteiger partial charge in [0.1, 0.15) is 0 Å². The van der Waals surface area contributed by atoms with Crippen molar-refractivity contribution in [3.8, 4) is 11.3 Å². The van der Waals surface area contributed by atoms with Gasteiger partial charge in [0.05, 0.1) is 16.8 Å². The van der Waals surface area contributed by atoms with E-state index in [9.17, 15) is 9.59 Å². The SMILES string of the molecule is Cc1ccc(-c2cc(C(=O)Nc3ccc(C(=O)N4CCCCCC4)cc3)c3cccc(C)c3n2)cc1. The minimum absolute atomic E-state index is 0.0631. The number of hydrogen-bond donors (Lipinski definition) is 1. The van der Waals surface area contributed by atoms with Crippen LogP contribution in [0.15, 0.2) is 72.8 Å². The standard InChI is InChI=1S/C31H31N3O2/c1-21-10-12-23(13-11-21)28-20-27(26-9-7-8-22(2)29(26)33-28)30(35)32-25-16-14-24(15-17-25)31(36)34-18-5-3-4-6-19-34/h7-17,20H,3-6,18-19H2,1-2H3,(H,32,35). The van der Waals surface area contributed by atoms with Crippen molar-refractivity contribution in [2.75, 3.05) is 18.4 Å². The molecule has 182 valence electrons. The molecule has 1 saturated heterocycles. The van der Waals surface area contributed by atoms with Crippen molar-refractivity contribution in [2.24, 2.45) is 0 Å². The van der Waals surface area contributed by atoms with Crippen LogP contribution in [0.2, 0.25) is 0 Å². The van der Waals surface area contributed by atoms with Gasteiger partial charge in [0.2, 0.25) is 0 Å². The molecule has 0 bridgehead atoms. The molecule has 0 atom stereocenters. The second kappa shape index (κ2) is 10.3. The molecule has 5 heteroatoms. The molecule has 2 amide bonds. The fourth-order valence-electron chi connectivity index (χ4n) is 4.80. The lowest BCUT2D eigenvalue weighted by Gasteiger charge is -2.20. The first-order chi connectivity index (χ1) is 17.5. The van der Waals surface area contributed by atoms with Crippen molar-refractivity contribution in [1.82, 2.24) is 9.88 Å². The summed E-state index contributed by atoms with van der Waals surface area (Å²) in [5.74, 6) is -0.138. The van der Waals surface area contributed by atoms with Gasteiger partial charge >= 0.3 is 0 Å². The summed E-state index contributed by atoms with van der Waals surface area (Å²) in [6.07, 6.45) is 4.49. The Morgan fingerprint density at radius 2 is 1.53 bits per heavy atom. The Labute approximate surface area is 212 Å². The van der Waals surface area contributed by atoms with E-state index in [1.807, 2.05) is 67.3 Å². The number of rotatable bonds is 4. The zero-order valence-corrected chi connectivity index (χ0v) is 20.9. The van der Waals surface area contributed by atoms with Crippen LogP contribution in [0.4, 0.5) is 5.69 Å². The van der Waals surface area contributed by atoms with Gasteiger partial charge in [-0.25, -0.2) is 4.98 Å². The van der Waals surface area contributed by atoms with E-state index in [-0.39, 0.29) is 11.8 Å². The number of likely N-dealkylation sites (tertiary alicyclic amines) is 1. The molecule has 36 heavy (non-hydrogen) atoms. The molecule has 1 aromatic heterocycles. The van der Waals surface area contributed by atoms with E-state index >= 15 is 0 Å².